The van der Waals surface area contributed by atoms with E-state index >= 15 is 0 Å². The molecule has 1 aliphatic carbocycles. The lowest BCUT2D eigenvalue weighted by Crippen LogP contribution is -2.42. The van der Waals surface area contributed by atoms with Gasteiger partial charge in [-0.1, -0.05) is 12.5 Å². The molecule has 21 heavy (non-hydrogen) atoms. The molecular formula is C17H24N2O2. The molecule has 1 aliphatic heterocycles. The molecule has 2 aliphatic rings. The van der Waals surface area contributed by atoms with Crippen LogP contribution < -0.4 is 0 Å². The van der Waals surface area contributed by atoms with Crippen molar-refractivity contribution in [3.05, 3.63) is 29.6 Å². The average molecular weight is 288 g/mol. The summed E-state index contributed by atoms with van der Waals surface area (Å²) in [6.45, 7) is 4.99. The van der Waals surface area contributed by atoms with E-state index in [9.17, 15) is 4.79 Å². The molecule has 0 bridgehead atoms. The maximum absolute atomic E-state index is 12.4. The van der Waals surface area contributed by atoms with Gasteiger partial charge in [-0.05, 0) is 37.8 Å². The van der Waals surface area contributed by atoms with E-state index in [0.717, 1.165) is 44.7 Å². The molecule has 0 radical (unpaired) electrons. The first-order valence-corrected chi connectivity index (χ1v) is 8.00. The van der Waals surface area contributed by atoms with Crippen LogP contribution in [-0.2, 0) is 16.0 Å². The van der Waals surface area contributed by atoms with Gasteiger partial charge in [0.15, 0.2) is 0 Å². The van der Waals surface area contributed by atoms with Gasteiger partial charge in [-0.15, -0.1) is 0 Å². The van der Waals surface area contributed by atoms with Crippen molar-refractivity contribution in [2.45, 2.75) is 32.6 Å². The van der Waals surface area contributed by atoms with Crippen LogP contribution in [0.3, 0.4) is 0 Å². The lowest BCUT2D eigenvalue weighted by atomic mass is 9.84. The Labute approximate surface area is 126 Å². The third-order valence-electron chi connectivity index (χ3n) is 4.57. The molecule has 0 N–H and O–H groups in total. The molecule has 114 valence electrons. The monoisotopic (exact) mass is 288 g/mol. The van der Waals surface area contributed by atoms with E-state index in [1.54, 1.807) is 0 Å². The van der Waals surface area contributed by atoms with Crippen LogP contribution in [0.15, 0.2) is 18.3 Å². The Morgan fingerprint density at radius 3 is 2.95 bits per heavy atom. The van der Waals surface area contributed by atoms with Gasteiger partial charge in [-0.25, -0.2) is 0 Å². The number of aryl methyl sites for hydroxylation is 1. The van der Waals surface area contributed by atoms with E-state index in [2.05, 4.69) is 17.1 Å². The second-order valence-corrected chi connectivity index (χ2v) is 6.38. The number of amides is 1. The molecule has 0 unspecified atom stereocenters. The highest BCUT2D eigenvalue weighted by molar-refractivity contribution is 5.79. The van der Waals surface area contributed by atoms with Crippen LogP contribution in [0, 0.1) is 18.8 Å². The van der Waals surface area contributed by atoms with Gasteiger partial charge in [0.05, 0.1) is 13.2 Å². The van der Waals surface area contributed by atoms with Crippen LogP contribution in [-0.4, -0.2) is 42.1 Å². The predicted octanol–water partition coefficient (Wildman–Crippen LogP) is 2.21. The Morgan fingerprint density at radius 1 is 1.43 bits per heavy atom. The van der Waals surface area contributed by atoms with Crippen LogP contribution in [0.25, 0.3) is 0 Å². The number of carbonyl (C=O) groups excluding carboxylic acids is 1. The molecule has 0 aromatic carbocycles. The van der Waals surface area contributed by atoms with Gasteiger partial charge in [0, 0.05) is 36.8 Å². The van der Waals surface area contributed by atoms with E-state index in [1.807, 2.05) is 18.0 Å². The van der Waals surface area contributed by atoms with Crippen molar-refractivity contribution in [2.75, 3.05) is 26.3 Å². The highest BCUT2D eigenvalue weighted by Crippen LogP contribution is 2.29. The fourth-order valence-electron chi connectivity index (χ4n) is 3.03. The van der Waals surface area contributed by atoms with E-state index in [4.69, 9.17) is 4.74 Å². The summed E-state index contributed by atoms with van der Waals surface area (Å²) >= 11 is 0. The zero-order valence-corrected chi connectivity index (χ0v) is 12.8. The number of carbonyl (C=O) groups is 1. The number of ether oxygens (including phenoxy) is 1. The maximum atomic E-state index is 12.4. The first kappa shape index (κ1) is 14.5. The molecule has 1 saturated heterocycles. The SMILES string of the molecule is Cc1ccc(C[C@@H]2COCCN(C(=O)C3CCC3)C2)nc1. The summed E-state index contributed by atoms with van der Waals surface area (Å²) in [6, 6.07) is 4.18. The normalized spacial score (nSPS) is 23.5. The van der Waals surface area contributed by atoms with E-state index in [0.29, 0.717) is 18.4 Å². The lowest BCUT2D eigenvalue weighted by molar-refractivity contribution is -0.138. The van der Waals surface area contributed by atoms with Crippen molar-refractivity contribution in [1.82, 2.24) is 9.88 Å². The molecule has 3 rings (SSSR count). The smallest absolute Gasteiger partial charge is 0.225 e. The van der Waals surface area contributed by atoms with Crippen LogP contribution in [0.1, 0.15) is 30.5 Å². The quantitative estimate of drug-likeness (QED) is 0.856. The largest absolute Gasteiger partial charge is 0.379 e. The van der Waals surface area contributed by atoms with Crippen LogP contribution in [0.4, 0.5) is 0 Å². The number of aromatic nitrogens is 1. The highest BCUT2D eigenvalue weighted by atomic mass is 16.5. The minimum atomic E-state index is 0.279. The number of rotatable bonds is 3. The average Bonchev–Trinajstić information content (AvgIpc) is 2.65. The molecule has 1 amide bonds. The van der Waals surface area contributed by atoms with Crippen LogP contribution >= 0.6 is 0 Å². The molecule has 2 heterocycles. The van der Waals surface area contributed by atoms with Gasteiger partial charge in [0.1, 0.15) is 0 Å². The van der Waals surface area contributed by atoms with Gasteiger partial charge >= 0.3 is 0 Å². The van der Waals surface area contributed by atoms with Gasteiger partial charge in [0.25, 0.3) is 0 Å². The molecule has 4 nitrogen and oxygen atoms in total. The fraction of sp³-hybridized carbons (Fsp3) is 0.647. The summed E-state index contributed by atoms with van der Waals surface area (Å²) in [5, 5.41) is 0. The fourth-order valence-corrected chi connectivity index (χ4v) is 3.03. The number of nitrogens with zero attached hydrogens (tertiary/aromatic N) is 2. The summed E-state index contributed by atoms with van der Waals surface area (Å²) in [7, 11) is 0. The van der Waals surface area contributed by atoms with Gasteiger partial charge in [-0.2, -0.15) is 0 Å². The van der Waals surface area contributed by atoms with E-state index < -0.39 is 0 Å². The summed E-state index contributed by atoms with van der Waals surface area (Å²) in [4.78, 5) is 18.9. The summed E-state index contributed by atoms with van der Waals surface area (Å²) in [6.07, 6.45) is 6.14. The topological polar surface area (TPSA) is 42.4 Å². The van der Waals surface area contributed by atoms with Crippen molar-refractivity contribution < 1.29 is 9.53 Å². The zero-order chi connectivity index (χ0) is 14.7. The molecule has 4 heteroatoms. The second kappa shape index (κ2) is 6.56. The summed E-state index contributed by atoms with van der Waals surface area (Å²) in [5.74, 6) is 0.974. The number of pyridine rings is 1. The minimum Gasteiger partial charge on any atom is -0.379 e. The lowest BCUT2D eigenvalue weighted by Gasteiger charge is -2.32. The molecule has 1 atom stereocenters. The van der Waals surface area contributed by atoms with Crippen molar-refractivity contribution >= 4 is 5.91 Å². The van der Waals surface area contributed by atoms with Crippen LogP contribution in [0.2, 0.25) is 0 Å². The maximum Gasteiger partial charge on any atom is 0.225 e. The third-order valence-corrected chi connectivity index (χ3v) is 4.57. The molecule has 0 spiro atoms. The summed E-state index contributed by atoms with van der Waals surface area (Å²) < 4.78 is 5.69. The summed E-state index contributed by atoms with van der Waals surface area (Å²) in [5.41, 5.74) is 2.27. The Hall–Kier alpha value is -1.42. The number of hydrogen-bond acceptors (Lipinski definition) is 3. The van der Waals surface area contributed by atoms with Crippen molar-refractivity contribution in [3.63, 3.8) is 0 Å². The zero-order valence-electron chi connectivity index (χ0n) is 12.8. The predicted molar refractivity (Wildman–Crippen MR) is 80.9 cm³/mol. The standard InChI is InChI=1S/C17H24N2O2/c1-13-5-6-16(18-10-13)9-14-11-19(7-8-21-12-14)17(20)15-3-2-4-15/h5-6,10,14-15H,2-4,7-9,11-12H2,1H3/t14-/m0/s1. The van der Waals surface area contributed by atoms with Crippen molar-refractivity contribution in [3.8, 4) is 0 Å². The van der Waals surface area contributed by atoms with Gasteiger partial charge < -0.3 is 9.64 Å². The van der Waals surface area contributed by atoms with E-state index in [-0.39, 0.29) is 5.92 Å². The molecule has 1 saturated carbocycles. The second-order valence-electron chi connectivity index (χ2n) is 6.38. The highest BCUT2D eigenvalue weighted by Gasteiger charge is 2.31. The van der Waals surface area contributed by atoms with E-state index in [1.165, 1.54) is 12.0 Å². The molecule has 1 aromatic heterocycles. The van der Waals surface area contributed by atoms with Crippen molar-refractivity contribution in [2.24, 2.45) is 11.8 Å². The Bertz CT molecular complexity index is 482. The Balaban J connectivity index is 1.61. The molecule has 2 fully saturated rings. The van der Waals surface area contributed by atoms with Crippen molar-refractivity contribution in [1.29, 1.82) is 0 Å². The van der Waals surface area contributed by atoms with Crippen LogP contribution in [0.5, 0.6) is 0 Å². The first-order valence-electron chi connectivity index (χ1n) is 8.00. The first-order chi connectivity index (χ1) is 10.2. The Morgan fingerprint density at radius 2 is 2.29 bits per heavy atom. The number of hydrogen-bond donors (Lipinski definition) is 0. The Kier molecular flexibility index (Phi) is 4.54. The van der Waals surface area contributed by atoms with Gasteiger partial charge in [-0.3, -0.25) is 9.78 Å². The van der Waals surface area contributed by atoms with Gasteiger partial charge in [0.2, 0.25) is 5.91 Å². The molecular weight excluding hydrogens is 264 g/mol. The minimum absolute atomic E-state index is 0.279. The molecule has 1 aromatic rings. The third kappa shape index (κ3) is 3.62.